The SMILES string of the molecule is CC(C)(C)C1=CC(C)(C(=O)O)CC(C(=O)O)(C(C)(C)C)C1.c1ccc2c(c1)Cc1ccccc1-2. The molecular weight excluding hydrogens is 424 g/mol. The first kappa shape index (κ1) is 25.7. The van der Waals surface area contributed by atoms with E-state index in [4.69, 9.17) is 0 Å². The Balaban J connectivity index is 0.000000210. The summed E-state index contributed by atoms with van der Waals surface area (Å²) in [5.41, 5.74) is 3.67. The summed E-state index contributed by atoms with van der Waals surface area (Å²) < 4.78 is 0. The molecule has 2 aliphatic rings. The van der Waals surface area contributed by atoms with Crippen molar-refractivity contribution in [3.63, 3.8) is 0 Å². The van der Waals surface area contributed by atoms with Crippen molar-refractivity contribution in [1.29, 1.82) is 0 Å². The van der Waals surface area contributed by atoms with Crippen molar-refractivity contribution in [2.45, 2.75) is 67.7 Å². The molecule has 4 nitrogen and oxygen atoms in total. The number of carboxylic acids is 2. The molecule has 0 heterocycles. The van der Waals surface area contributed by atoms with Crippen molar-refractivity contribution < 1.29 is 19.8 Å². The van der Waals surface area contributed by atoms with Crippen LogP contribution in [0, 0.1) is 21.7 Å². The van der Waals surface area contributed by atoms with Crippen LogP contribution in [0.25, 0.3) is 11.1 Å². The number of aliphatic carboxylic acids is 2. The average Bonchev–Trinajstić information content (AvgIpc) is 3.11. The molecule has 0 saturated heterocycles. The fourth-order valence-corrected chi connectivity index (χ4v) is 5.20. The maximum absolute atomic E-state index is 12.1. The predicted molar refractivity (Wildman–Crippen MR) is 137 cm³/mol. The topological polar surface area (TPSA) is 74.6 Å². The summed E-state index contributed by atoms with van der Waals surface area (Å²) in [5.74, 6) is -1.86. The van der Waals surface area contributed by atoms with Crippen molar-refractivity contribution in [3.05, 3.63) is 71.3 Å². The molecule has 0 fully saturated rings. The number of allylic oxidation sites excluding steroid dienone is 1. The fourth-order valence-electron chi connectivity index (χ4n) is 5.20. The van der Waals surface area contributed by atoms with E-state index < -0.39 is 28.2 Å². The highest BCUT2D eigenvalue weighted by atomic mass is 16.4. The molecule has 34 heavy (non-hydrogen) atoms. The van der Waals surface area contributed by atoms with Gasteiger partial charge in [0.1, 0.15) is 0 Å². The first-order valence-electron chi connectivity index (χ1n) is 12.0. The Kier molecular flexibility index (Phi) is 6.60. The van der Waals surface area contributed by atoms with Gasteiger partial charge in [0.2, 0.25) is 0 Å². The summed E-state index contributed by atoms with van der Waals surface area (Å²) in [6, 6.07) is 17.3. The third kappa shape index (κ3) is 4.68. The standard InChI is InChI=1S/C17H28O4.C13H10/c1-14(2,3)11-8-16(7,12(18)19)10-17(9-11,13(20)21)15(4,5)6;1-3-7-12-10(5-1)9-11-6-2-4-8-13(11)12/h8H,9-10H2,1-7H3,(H,18,19)(H,20,21);1-8H,9H2. The Labute approximate surface area is 203 Å². The molecule has 0 saturated carbocycles. The average molecular weight is 463 g/mol. The molecule has 2 unspecified atom stereocenters. The second kappa shape index (κ2) is 8.72. The summed E-state index contributed by atoms with van der Waals surface area (Å²) in [6.07, 6.45) is 3.40. The van der Waals surface area contributed by atoms with Crippen LogP contribution in [0.15, 0.2) is 60.2 Å². The lowest BCUT2D eigenvalue weighted by Gasteiger charge is -2.50. The molecule has 0 aromatic heterocycles. The molecule has 0 aliphatic heterocycles. The summed E-state index contributed by atoms with van der Waals surface area (Å²) in [4.78, 5) is 23.8. The quantitative estimate of drug-likeness (QED) is 0.394. The van der Waals surface area contributed by atoms with Gasteiger partial charge in [-0.2, -0.15) is 0 Å². The fraction of sp³-hybridized carbons (Fsp3) is 0.467. The first-order valence-corrected chi connectivity index (χ1v) is 12.0. The lowest BCUT2D eigenvalue weighted by Crippen LogP contribution is -2.51. The van der Waals surface area contributed by atoms with Gasteiger partial charge in [-0.3, -0.25) is 9.59 Å². The lowest BCUT2D eigenvalue weighted by molar-refractivity contribution is -0.164. The highest BCUT2D eigenvalue weighted by Gasteiger charge is 2.57. The first-order chi connectivity index (χ1) is 15.6. The molecular formula is C30H38O4. The maximum atomic E-state index is 12.1. The molecule has 182 valence electrons. The predicted octanol–water partition coefficient (Wildman–Crippen LogP) is 7.22. The number of carboxylic acid groups (broad SMARTS) is 2. The van der Waals surface area contributed by atoms with E-state index in [9.17, 15) is 19.8 Å². The molecule has 2 aromatic carbocycles. The summed E-state index contributed by atoms with van der Waals surface area (Å²) in [7, 11) is 0. The number of rotatable bonds is 2. The molecule has 4 rings (SSSR count). The van der Waals surface area contributed by atoms with Crippen LogP contribution in [0.2, 0.25) is 0 Å². The summed E-state index contributed by atoms with van der Waals surface area (Å²) in [5, 5.41) is 19.5. The molecule has 4 heteroatoms. The third-order valence-corrected chi connectivity index (χ3v) is 7.66. The third-order valence-electron chi connectivity index (χ3n) is 7.66. The minimum atomic E-state index is -1.15. The number of benzene rings is 2. The van der Waals surface area contributed by atoms with Crippen LogP contribution in [0.4, 0.5) is 0 Å². The van der Waals surface area contributed by atoms with Gasteiger partial charge in [-0.1, -0.05) is 102 Å². The Morgan fingerprint density at radius 1 is 0.794 bits per heavy atom. The summed E-state index contributed by atoms with van der Waals surface area (Å²) >= 11 is 0. The van der Waals surface area contributed by atoms with E-state index in [0.717, 1.165) is 12.0 Å². The largest absolute Gasteiger partial charge is 0.481 e. The van der Waals surface area contributed by atoms with Crippen LogP contribution >= 0.6 is 0 Å². The van der Waals surface area contributed by atoms with Crippen LogP contribution in [0.1, 0.15) is 72.4 Å². The molecule has 0 amide bonds. The van der Waals surface area contributed by atoms with Crippen molar-refractivity contribution in [2.75, 3.05) is 0 Å². The van der Waals surface area contributed by atoms with E-state index in [1.165, 1.54) is 22.3 Å². The molecule has 0 radical (unpaired) electrons. The number of hydrogen-bond acceptors (Lipinski definition) is 2. The monoisotopic (exact) mass is 462 g/mol. The smallest absolute Gasteiger partial charge is 0.313 e. The van der Waals surface area contributed by atoms with Crippen molar-refractivity contribution in [2.24, 2.45) is 21.7 Å². The van der Waals surface area contributed by atoms with Crippen LogP contribution in [0.3, 0.4) is 0 Å². The normalized spacial score (nSPS) is 23.7. The van der Waals surface area contributed by atoms with E-state index >= 15 is 0 Å². The zero-order valence-electron chi connectivity index (χ0n) is 21.5. The van der Waals surface area contributed by atoms with E-state index in [0.29, 0.717) is 6.42 Å². The zero-order chi connectivity index (χ0) is 25.5. The molecule has 0 spiro atoms. The van der Waals surface area contributed by atoms with E-state index in [2.05, 4.69) is 48.5 Å². The van der Waals surface area contributed by atoms with Gasteiger partial charge in [-0.15, -0.1) is 0 Å². The summed E-state index contributed by atoms with van der Waals surface area (Å²) in [6.45, 7) is 13.3. The lowest BCUT2D eigenvalue weighted by atomic mass is 9.52. The van der Waals surface area contributed by atoms with Crippen LogP contribution < -0.4 is 0 Å². The second-order valence-electron chi connectivity index (χ2n) is 12.1. The van der Waals surface area contributed by atoms with Crippen molar-refractivity contribution in [3.8, 4) is 11.1 Å². The molecule has 2 N–H and O–H groups in total. The molecule has 0 bridgehead atoms. The minimum Gasteiger partial charge on any atom is -0.481 e. The molecule has 2 aliphatic carbocycles. The Morgan fingerprint density at radius 3 is 1.65 bits per heavy atom. The second-order valence-corrected chi connectivity index (χ2v) is 12.1. The highest BCUT2D eigenvalue weighted by Crippen LogP contribution is 2.57. The van der Waals surface area contributed by atoms with Crippen LogP contribution in [0.5, 0.6) is 0 Å². The van der Waals surface area contributed by atoms with E-state index in [-0.39, 0.29) is 11.8 Å². The van der Waals surface area contributed by atoms with Gasteiger partial charge in [-0.05, 0) is 59.3 Å². The van der Waals surface area contributed by atoms with Crippen LogP contribution in [-0.4, -0.2) is 22.2 Å². The van der Waals surface area contributed by atoms with Gasteiger partial charge in [0.25, 0.3) is 0 Å². The van der Waals surface area contributed by atoms with Crippen LogP contribution in [-0.2, 0) is 16.0 Å². The van der Waals surface area contributed by atoms with Crippen molar-refractivity contribution >= 4 is 11.9 Å². The van der Waals surface area contributed by atoms with E-state index in [1.807, 2.05) is 41.5 Å². The van der Waals surface area contributed by atoms with E-state index in [1.54, 1.807) is 13.0 Å². The minimum absolute atomic E-state index is 0.119. The van der Waals surface area contributed by atoms with Gasteiger partial charge in [0, 0.05) is 0 Å². The Morgan fingerprint density at radius 2 is 1.26 bits per heavy atom. The van der Waals surface area contributed by atoms with Gasteiger partial charge in [0.05, 0.1) is 10.8 Å². The number of hydrogen-bond donors (Lipinski definition) is 2. The number of carbonyl (C=O) groups is 2. The molecule has 2 atom stereocenters. The van der Waals surface area contributed by atoms with Gasteiger partial charge >= 0.3 is 11.9 Å². The number of fused-ring (bicyclic) bond motifs is 3. The maximum Gasteiger partial charge on any atom is 0.313 e. The van der Waals surface area contributed by atoms with Gasteiger partial charge in [-0.25, -0.2) is 0 Å². The Bertz CT molecular complexity index is 1090. The Hall–Kier alpha value is -2.88. The molecule has 2 aromatic rings. The van der Waals surface area contributed by atoms with Crippen molar-refractivity contribution in [1.82, 2.24) is 0 Å². The zero-order valence-corrected chi connectivity index (χ0v) is 21.5. The van der Waals surface area contributed by atoms with Gasteiger partial charge < -0.3 is 10.2 Å². The highest BCUT2D eigenvalue weighted by molar-refractivity contribution is 5.82. The van der Waals surface area contributed by atoms with Gasteiger partial charge in [0.15, 0.2) is 0 Å².